The summed E-state index contributed by atoms with van der Waals surface area (Å²) < 4.78 is 12.9. The number of ether oxygens (including phenoxy) is 2. The molecule has 0 aliphatic carbocycles. The minimum atomic E-state index is -0.488. The summed E-state index contributed by atoms with van der Waals surface area (Å²) in [6.07, 6.45) is 0.849. The number of nitrogens with zero attached hydrogens (tertiary/aromatic N) is 3. The largest absolute Gasteiger partial charge is 0.454 e. The van der Waals surface area contributed by atoms with Gasteiger partial charge in [0, 0.05) is 12.1 Å². The summed E-state index contributed by atoms with van der Waals surface area (Å²) in [5.74, 6) is 2.21. The third-order valence-electron chi connectivity index (χ3n) is 5.12. The van der Waals surface area contributed by atoms with Gasteiger partial charge in [0.1, 0.15) is 0 Å². The zero-order chi connectivity index (χ0) is 23.9. The SMILES string of the molecule is CC(C)CCNC(=O)NC(=O)CSc1nnc(-c2ccccc2)n1Cc1ccc2c(c1)OCO2. The van der Waals surface area contributed by atoms with Crippen LogP contribution in [-0.2, 0) is 11.3 Å². The highest BCUT2D eigenvalue weighted by atomic mass is 32.2. The van der Waals surface area contributed by atoms with Crippen LogP contribution in [0, 0.1) is 5.92 Å². The Balaban J connectivity index is 1.46. The second-order valence-corrected chi connectivity index (χ2v) is 9.16. The van der Waals surface area contributed by atoms with Gasteiger partial charge in [-0.25, -0.2) is 4.79 Å². The highest BCUT2D eigenvalue weighted by molar-refractivity contribution is 7.99. The lowest BCUT2D eigenvalue weighted by atomic mass is 10.1. The Morgan fingerprint density at radius 3 is 2.68 bits per heavy atom. The molecule has 2 N–H and O–H groups in total. The minimum Gasteiger partial charge on any atom is -0.454 e. The molecule has 9 nitrogen and oxygen atoms in total. The predicted molar refractivity (Wildman–Crippen MR) is 129 cm³/mol. The Bertz CT molecular complexity index is 1150. The Kier molecular flexibility index (Phi) is 7.69. The van der Waals surface area contributed by atoms with E-state index in [1.807, 2.05) is 53.1 Å². The van der Waals surface area contributed by atoms with E-state index in [0.29, 0.717) is 41.5 Å². The Labute approximate surface area is 202 Å². The summed E-state index contributed by atoms with van der Waals surface area (Å²) in [6, 6.07) is 15.0. The number of hydrogen-bond acceptors (Lipinski definition) is 7. The molecule has 0 bridgehead atoms. The molecule has 0 radical (unpaired) electrons. The quantitative estimate of drug-likeness (QED) is 0.449. The molecule has 0 unspecified atom stereocenters. The number of nitrogens with one attached hydrogen (secondary N) is 2. The zero-order valence-electron chi connectivity index (χ0n) is 19.1. The number of fused-ring (bicyclic) bond motifs is 1. The second kappa shape index (κ2) is 11.1. The van der Waals surface area contributed by atoms with Gasteiger partial charge in [-0.15, -0.1) is 10.2 Å². The van der Waals surface area contributed by atoms with E-state index in [-0.39, 0.29) is 12.5 Å². The van der Waals surface area contributed by atoms with E-state index < -0.39 is 11.9 Å². The van der Waals surface area contributed by atoms with E-state index in [0.717, 1.165) is 17.5 Å². The fourth-order valence-electron chi connectivity index (χ4n) is 3.37. The van der Waals surface area contributed by atoms with Crippen molar-refractivity contribution in [2.45, 2.75) is 32.0 Å². The molecule has 2 heterocycles. The van der Waals surface area contributed by atoms with Crippen molar-refractivity contribution in [1.82, 2.24) is 25.4 Å². The standard InChI is InChI=1S/C24H27N5O4S/c1-16(2)10-11-25-23(31)26-21(30)14-34-24-28-27-22(18-6-4-3-5-7-18)29(24)13-17-8-9-19-20(12-17)33-15-32-19/h3-9,12,16H,10-11,13-15H2,1-2H3,(H2,25,26,30,31). The van der Waals surface area contributed by atoms with E-state index in [2.05, 4.69) is 34.7 Å². The van der Waals surface area contributed by atoms with Gasteiger partial charge in [0.05, 0.1) is 12.3 Å². The first-order chi connectivity index (χ1) is 16.5. The molecule has 0 fully saturated rings. The predicted octanol–water partition coefficient (Wildman–Crippen LogP) is 3.69. The van der Waals surface area contributed by atoms with Crippen LogP contribution in [0.1, 0.15) is 25.8 Å². The summed E-state index contributed by atoms with van der Waals surface area (Å²) in [4.78, 5) is 24.2. The Hall–Kier alpha value is -3.53. The number of carbonyl (C=O) groups is 2. The third-order valence-corrected chi connectivity index (χ3v) is 6.09. The smallest absolute Gasteiger partial charge is 0.321 e. The van der Waals surface area contributed by atoms with Crippen LogP contribution in [0.3, 0.4) is 0 Å². The first kappa shape index (κ1) is 23.6. The maximum atomic E-state index is 12.3. The number of imide groups is 1. The van der Waals surface area contributed by atoms with Crippen LogP contribution in [0.2, 0.25) is 0 Å². The molecule has 1 aromatic heterocycles. The number of benzene rings is 2. The van der Waals surface area contributed by atoms with Crippen molar-refractivity contribution < 1.29 is 19.1 Å². The van der Waals surface area contributed by atoms with E-state index in [1.165, 1.54) is 11.8 Å². The van der Waals surface area contributed by atoms with Crippen molar-refractivity contribution in [3.05, 3.63) is 54.1 Å². The van der Waals surface area contributed by atoms with Crippen molar-refractivity contribution in [3.8, 4) is 22.9 Å². The summed E-state index contributed by atoms with van der Waals surface area (Å²) >= 11 is 1.23. The van der Waals surface area contributed by atoms with Crippen LogP contribution in [-0.4, -0.2) is 45.8 Å². The molecule has 0 spiro atoms. The first-order valence-corrected chi connectivity index (χ1v) is 12.1. The van der Waals surface area contributed by atoms with Crippen LogP contribution >= 0.6 is 11.8 Å². The molecule has 4 rings (SSSR count). The van der Waals surface area contributed by atoms with Crippen LogP contribution in [0.25, 0.3) is 11.4 Å². The molecule has 3 aromatic rings. The van der Waals surface area contributed by atoms with Gasteiger partial charge in [-0.1, -0.05) is 62.0 Å². The topological polar surface area (TPSA) is 107 Å². The zero-order valence-corrected chi connectivity index (χ0v) is 19.9. The lowest BCUT2D eigenvalue weighted by molar-refractivity contribution is -0.117. The average molecular weight is 482 g/mol. The third kappa shape index (κ3) is 6.07. The summed E-state index contributed by atoms with van der Waals surface area (Å²) in [6.45, 7) is 5.36. The van der Waals surface area contributed by atoms with Crippen LogP contribution < -0.4 is 20.1 Å². The molecule has 0 saturated heterocycles. The van der Waals surface area contributed by atoms with Crippen molar-refractivity contribution >= 4 is 23.7 Å². The number of aromatic nitrogens is 3. The van der Waals surface area contributed by atoms with Gasteiger partial charge >= 0.3 is 6.03 Å². The van der Waals surface area contributed by atoms with Gasteiger partial charge in [-0.3, -0.25) is 14.7 Å². The number of carbonyl (C=O) groups excluding carboxylic acids is 2. The molecular weight excluding hydrogens is 454 g/mol. The highest BCUT2D eigenvalue weighted by Gasteiger charge is 2.19. The molecule has 34 heavy (non-hydrogen) atoms. The van der Waals surface area contributed by atoms with Crippen LogP contribution in [0.5, 0.6) is 11.5 Å². The fraction of sp³-hybridized carbons (Fsp3) is 0.333. The summed E-state index contributed by atoms with van der Waals surface area (Å²) in [5, 5.41) is 14.3. The van der Waals surface area contributed by atoms with Crippen LogP contribution in [0.4, 0.5) is 4.79 Å². The van der Waals surface area contributed by atoms with E-state index in [9.17, 15) is 9.59 Å². The molecular formula is C24H27N5O4S. The Morgan fingerprint density at radius 1 is 1.09 bits per heavy atom. The lowest BCUT2D eigenvalue weighted by Gasteiger charge is -2.11. The van der Waals surface area contributed by atoms with Crippen molar-refractivity contribution in [3.63, 3.8) is 0 Å². The fourth-order valence-corrected chi connectivity index (χ4v) is 4.11. The normalized spacial score (nSPS) is 12.1. The second-order valence-electron chi connectivity index (χ2n) is 8.22. The van der Waals surface area contributed by atoms with Gasteiger partial charge in [0.2, 0.25) is 12.7 Å². The molecule has 178 valence electrons. The summed E-state index contributed by atoms with van der Waals surface area (Å²) in [7, 11) is 0. The highest BCUT2D eigenvalue weighted by Crippen LogP contribution is 2.33. The van der Waals surface area contributed by atoms with E-state index in [1.54, 1.807) is 0 Å². The molecule has 1 aliphatic heterocycles. The van der Waals surface area contributed by atoms with Crippen LogP contribution in [0.15, 0.2) is 53.7 Å². The van der Waals surface area contributed by atoms with Crippen molar-refractivity contribution in [2.24, 2.45) is 5.92 Å². The lowest BCUT2D eigenvalue weighted by Crippen LogP contribution is -2.40. The van der Waals surface area contributed by atoms with E-state index >= 15 is 0 Å². The van der Waals surface area contributed by atoms with Gasteiger partial charge in [0.15, 0.2) is 22.5 Å². The first-order valence-electron chi connectivity index (χ1n) is 11.1. The average Bonchev–Trinajstić information content (AvgIpc) is 3.44. The maximum Gasteiger partial charge on any atom is 0.321 e. The molecule has 1 aliphatic rings. The van der Waals surface area contributed by atoms with Gasteiger partial charge in [-0.05, 0) is 30.0 Å². The monoisotopic (exact) mass is 481 g/mol. The van der Waals surface area contributed by atoms with Gasteiger partial charge < -0.3 is 14.8 Å². The van der Waals surface area contributed by atoms with Gasteiger partial charge in [0.25, 0.3) is 0 Å². The van der Waals surface area contributed by atoms with Crippen molar-refractivity contribution in [1.29, 1.82) is 0 Å². The summed E-state index contributed by atoms with van der Waals surface area (Å²) in [5.41, 5.74) is 1.90. The number of urea groups is 1. The molecule has 10 heteroatoms. The Morgan fingerprint density at radius 2 is 1.88 bits per heavy atom. The minimum absolute atomic E-state index is 0.0334. The number of rotatable bonds is 9. The molecule has 3 amide bonds. The van der Waals surface area contributed by atoms with Gasteiger partial charge in [-0.2, -0.15) is 0 Å². The maximum absolute atomic E-state index is 12.3. The van der Waals surface area contributed by atoms with E-state index in [4.69, 9.17) is 9.47 Å². The molecule has 2 aromatic carbocycles. The molecule has 0 atom stereocenters. The number of hydrogen-bond donors (Lipinski definition) is 2. The number of amides is 3. The number of thioether (sulfide) groups is 1. The van der Waals surface area contributed by atoms with Crippen molar-refractivity contribution in [2.75, 3.05) is 19.1 Å². The molecule has 0 saturated carbocycles.